The number of nitrogens with zero attached hydrogens (tertiary/aromatic N) is 6. The molecule has 152 valence electrons. The normalized spacial score (nSPS) is 20.3. The highest BCUT2D eigenvalue weighted by molar-refractivity contribution is 5.80. The van der Waals surface area contributed by atoms with Crippen LogP contribution in [0.15, 0.2) is 35.4 Å². The van der Waals surface area contributed by atoms with Crippen LogP contribution in [0.3, 0.4) is 0 Å². The molecule has 5 heterocycles. The number of pyridine rings is 1. The van der Waals surface area contributed by atoms with Crippen LogP contribution in [0.1, 0.15) is 43.1 Å². The van der Waals surface area contributed by atoms with Gasteiger partial charge in [0.25, 0.3) is 5.56 Å². The molecule has 4 aromatic rings. The molecule has 1 saturated carbocycles. The van der Waals surface area contributed by atoms with Crippen LogP contribution in [0.2, 0.25) is 0 Å². The SMILES string of the molecule is Cc1cn2nc(-c3ccc4c(=O)n([C@@H]5CCNC6(CC6)C5)ncc4n3)cc2c(C)n1. The first-order chi connectivity index (χ1) is 14.5. The largest absolute Gasteiger partial charge is 0.311 e. The maximum absolute atomic E-state index is 13.1. The van der Waals surface area contributed by atoms with Crippen molar-refractivity contribution >= 4 is 16.4 Å². The van der Waals surface area contributed by atoms with Crippen molar-refractivity contribution in [2.75, 3.05) is 6.54 Å². The number of fused-ring (bicyclic) bond motifs is 2. The third-order valence-electron chi connectivity index (χ3n) is 6.49. The molecule has 1 aliphatic heterocycles. The molecule has 6 rings (SSSR count). The van der Waals surface area contributed by atoms with Crippen LogP contribution >= 0.6 is 0 Å². The summed E-state index contributed by atoms with van der Waals surface area (Å²) in [6.45, 7) is 4.86. The van der Waals surface area contributed by atoms with Crippen LogP contribution in [0.5, 0.6) is 0 Å². The van der Waals surface area contributed by atoms with Crippen molar-refractivity contribution in [2.45, 2.75) is 51.1 Å². The van der Waals surface area contributed by atoms with Gasteiger partial charge in [-0.05, 0) is 64.3 Å². The molecule has 0 radical (unpaired) electrons. The van der Waals surface area contributed by atoms with E-state index in [4.69, 9.17) is 4.98 Å². The Kier molecular flexibility index (Phi) is 3.65. The van der Waals surface area contributed by atoms with E-state index < -0.39 is 0 Å². The van der Waals surface area contributed by atoms with Gasteiger partial charge >= 0.3 is 0 Å². The van der Waals surface area contributed by atoms with Gasteiger partial charge in [0, 0.05) is 5.54 Å². The Balaban J connectivity index is 1.40. The lowest BCUT2D eigenvalue weighted by atomic mass is 9.97. The van der Waals surface area contributed by atoms with Crippen molar-refractivity contribution in [3.63, 3.8) is 0 Å². The zero-order valence-corrected chi connectivity index (χ0v) is 17.1. The number of aromatic nitrogens is 6. The van der Waals surface area contributed by atoms with E-state index in [9.17, 15) is 4.79 Å². The van der Waals surface area contributed by atoms with Gasteiger partial charge in [-0.1, -0.05) is 0 Å². The van der Waals surface area contributed by atoms with E-state index in [2.05, 4.69) is 20.5 Å². The molecule has 0 aromatic carbocycles. The molecule has 4 aromatic heterocycles. The predicted octanol–water partition coefficient (Wildman–Crippen LogP) is 2.58. The number of nitrogens with one attached hydrogen (secondary N) is 1. The van der Waals surface area contributed by atoms with Crippen LogP contribution in [0, 0.1) is 13.8 Å². The lowest BCUT2D eigenvalue weighted by molar-refractivity contribution is 0.264. The quantitative estimate of drug-likeness (QED) is 0.555. The van der Waals surface area contributed by atoms with Crippen molar-refractivity contribution in [1.29, 1.82) is 0 Å². The summed E-state index contributed by atoms with van der Waals surface area (Å²) in [5, 5.41) is 13.4. The Hall–Kier alpha value is -3.13. The second-order valence-corrected chi connectivity index (χ2v) is 8.70. The number of piperidine rings is 1. The fourth-order valence-electron chi connectivity index (χ4n) is 4.74. The smallest absolute Gasteiger partial charge is 0.276 e. The van der Waals surface area contributed by atoms with Crippen LogP contribution < -0.4 is 10.9 Å². The van der Waals surface area contributed by atoms with Crippen LogP contribution in [0.25, 0.3) is 27.8 Å². The molecule has 8 nitrogen and oxygen atoms in total. The Morgan fingerprint density at radius 2 is 2.03 bits per heavy atom. The maximum Gasteiger partial charge on any atom is 0.276 e. The molecule has 0 bridgehead atoms. The van der Waals surface area contributed by atoms with Gasteiger partial charge in [0.15, 0.2) is 0 Å². The number of hydrogen-bond acceptors (Lipinski definition) is 6. The van der Waals surface area contributed by atoms with Crippen molar-refractivity contribution in [1.82, 2.24) is 34.7 Å². The minimum atomic E-state index is -0.0556. The lowest BCUT2D eigenvalue weighted by Crippen LogP contribution is -2.43. The van der Waals surface area contributed by atoms with Crippen LogP contribution in [-0.2, 0) is 0 Å². The molecular formula is C22H23N7O. The van der Waals surface area contributed by atoms with E-state index >= 15 is 0 Å². The zero-order valence-electron chi connectivity index (χ0n) is 17.1. The zero-order chi connectivity index (χ0) is 20.5. The Bertz CT molecular complexity index is 1370. The summed E-state index contributed by atoms with van der Waals surface area (Å²) in [5.41, 5.74) is 5.06. The number of aryl methyl sites for hydroxylation is 2. The van der Waals surface area contributed by atoms with Crippen LogP contribution in [0.4, 0.5) is 0 Å². The van der Waals surface area contributed by atoms with Gasteiger partial charge < -0.3 is 5.32 Å². The average Bonchev–Trinajstić information content (AvgIpc) is 3.32. The predicted molar refractivity (Wildman–Crippen MR) is 113 cm³/mol. The summed E-state index contributed by atoms with van der Waals surface area (Å²) < 4.78 is 3.51. The van der Waals surface area contributed by atoms with E-state index in [0.29, 0.717) is 10.9 Å². The van der Waals surface area contributed by atoms with E-state index in [1.165, 1.54) is 12.8 Å². The third kappa shape index (κ3) is 2.74. The molecule has 30 heavy (non-hydrogen) atoms. The molecule has 2 aliphatic rings. The summed E-state index contributed by atoms with van der Waals surface area (Å²) in [6, 6.07) is 5.86. The highest BCUT2D eigenvalue weighted by Gasteiger charge is 2.46. The minimum absolute atomic E-state index is 0.0556. The van der Waals surface area contributed by atoms with Crippen molar-refractivity contribution < 1.29 is 0 Å². The second-order valence-electron chi connectivity index (χ2n) is 8.70. The number of hydrogen-bond donors (Lipinski definition) is 1. The molecule has 2 fully saturated rings. The van der Waals surface area contributed by atoms with E-state index in [1.807, 2.05) is 42.8 Å². The van der Waals surface area contributed by atoms with Gasteiger partial charge in [-0.2, -0.15) is 10.2 Å². The first kappa shape index (κ1) is 17.7. The van der Waals surface area contributed by atoms with Gasteiger partial charge in [0.05, 0.1) is 51.9 Å². The van der Waals surface area contributed by atoms with E-state index in [-0.39, 0.29) is 17.1 Å². The van der Waals surface area contributed by atoms with Crippen molar-refractivity contribution in [2.24, 2.45) is 0 Å². The minimum Gasteiger partial charge on any atom is -0.311 e. The molecule has 0 amide bonds. The van der Waals surface area contributed by atoms with Crippen molar-refractivity contribution in [3.8, 4) is 11.4 Å². The monoisotopic (exact) mass is 401 g/mol. The standard InChI is InChI=1S/C22H23N7O/c1-13-12-28-20(14(2)25-13)9-18(27-28)17-4-3-16-19(26-17)11-24-29(21(16)30)15-5-8-23-22(10-15)6-7-22/h3-4,9,11-12,15,23H,5-8,10H2,1-2H3/t15-/m1/s1. The average molecular weight is 401 g/mol. The first-order valence-electron chi connectivity index (χ1n) is 10.5. The van der Waals surface area contributed by atoms with Gasteiger partial charge in [0.2, 0.25) is 0 Å². The summed E-state index contributed by atoms with van der Waals surface area (Å²) in [5.74, 6) is 0. The molecule has 1 spiro atoms. The first-order valence-corrected chi connectivity index (χ1v) is 10.5. The summed E-state index contributed by atoms with van der Waals surface area (Å²) in [6.07, 6.45) is 7.92. The molecule has 1 aliphatic carbocycles. The molecule has 8 heteroatoms. The fourth-order valence-corrected chi connectivity index (χ4v) is 4.74. The Morgan fingerprint density at radius 1 is 1.17 bits per heavy atom. The summed E-state index contributed by atoms with van der Waals surface area (Å²) >= 11 is 0. The Labute approximate surface area is 173 Å². The fraction of sp³-hybridized carbons (Fsp3) is 0.409. The van der Waals surface area contributed by atoms with E-state index in [0.717, 1.165) is 47.7 Å². The van der Waals surface area contributed by atoms with Crippen molar-refractivity contribution in [3.05, 3.63) is 52.3 Å². The Morgan fingerprint density at radius 3 is 2.87 bits per heavy atom. The molecule has 1 saturated heterocycles. The lowest BCUT2D eigenvalue weighted by Gasteiger charge is -2.30. The van der Waals surface area contributed by atoms with Gasteiger partial charge in [-0.15, -0.1) is 0 Å². The molecule has 1 atom stereocenters. The van der Waals surface area contributed by atoms with Gasteiger partial charge in [-0.3, -0.25) is 9.78 Å². The van der Waals surface area contributed by atoms with Gasteiger partial charge in [-0.25, -0.2) is 14.2 Å². The highest BCUT2D eigenvalue weighted by Crippen LogP contribution is 2.44. The molecule has 1 N–H and O–H groups in total. The van der Waals surface area contributed by atoms with Crippen LogP contribution in [-0.4, -0.2) is 41.4 Å². The summed E-state index contributed by atoms with van der Waals surface area (Å²) in [7, 11) is 0. The topological polar surface area (TPSA) is 90.0 Å². The number of rotatable bonds is 2. The second kappa shape index (κ2) is 6.18. The highest BCUT2D eigenvalue weighted by atomic mass is 16.1. The molecular weight excluding hydrogens is 378 g/mol. The van der Waals surface area contributed by atoms with E-state index in [1.54, 1.807) is 10.9 Å². The van der Waals surface area contributed by atoms with Gasteiger partial charge in [0.1, 0.15) is 5.69 Å². The summed E-state index contributed by atoms with van der Waals surface area (Å²) in [4.78, 5) is 22.3. The third-order valence-corrected chi connectivity index (χ3v) is 6.49. The molecule has 0 unspecified atom stereocenters. The maximum atomic E-state index is 13.1.